The molecule has 5 heteroatoms. The molecule has 2 fully saturated rings. The van der Waals surface area contributed by atoms with Gasteiger partial charge in [0.15, 0.2) is 0 Å². The summed E-state index contributed by atoms with van der Waals surface area (Å²) >= 11 is 5.85. The minimum absolute atomic E-state index is 0.201. The third kappa shape index (κ3) is 2.69. The maximum absolute atomic E-state index is 11.2. The molecule has 2 N–H and O–H groups in total. The van der Waals surface area contributed by atoms with Gasteiger partial charge in [0, 0.05) is 17.3 Å². The van der Waals surface area contributed by atoms with E-state index in [0.29, 0.717) is 16.6 Å². The van der Waals surface area contributed by atoms with Crippen LogP contribution in [0.4, 0.5) is 5.69 Å². The molecular weight excluding hydrogens is 266 g/mol. The van der Waals surface area contributed by atoms with Gasteiger partial charge in [0.05, 0.1) is 17.7 Å². The van der Waals surface area contributed by atoms with E-state index in [1.54, 1.807) is 12.1 Å². The average Bonchev–Trinajstić information content (AvgIpc) is 3.12. The molecule has 0 spiro atoms. The van der Waals surface area contributed by atoms with Crippen LogP contribution in [-0.2, 0) is 4.74 Å². The van der Waals surface area contributed by atoms with Gasteiger partial charge >= 0.3 is 5.97 Å². The Morgan fingerprint density at radius 2 is 2.16 bits per heavy atom. The van der Waals surface area contributed by atoms with E-state index in [9.17, 15) is 9.90 Å². The van der Waals surface area contributed by atoms with Crippen molar-refractivity contribution in [3.05, 3.63) is 28.8 Å². The zero-order chi connectivity index (χ0) is 13.4. The van der Waals surface area contributed by atoms with Crippen LogP contribution in [0.5, 0.6) is 0 Å². The molecule has 0 aromatic heterocycles. The van der Waals surface area contributed by atoms with Crippen molar-refractivity contribution in [2.24, 2.45) is 5.92 Å². The molecule has 2 unspecified atom stereocenters. The van der Waals surface area contributed by atoms with E-state index in [4.69, 9.17) is 16.3 Å². The van der Waals surface area contributed by atoms with Crippen molar-refractivity contribution in [1.29, 1.82) is 0 Å². The first-order chi connectivity index (χ1) is 9.15. The topological polar surface area (TPSA) is 58.6 Å². The van der Waals surface area contributed by atoms with E-state index < -0.39 is 5.97 Å². The number of benzene rings is 1. The van der Waals surface area contributed by atoms with Crippen LogP contribution in [0.1, 0.15) is 29.6 Å². The summed E-state index contributed by atoms with van der Waals surface area (Å²) in [5.41, 5.74) is 0.840. The number of rotatable bonds is 4. The molecule has 1 aromatic rings. The van der Waals surface area contributed by atoms with E-state index in [0.717, 1.165) is 13.0 Å². The van der Waals surface area contributed by atoms with Crippen LogP contribution in [0.15, 0.2) is 18.2 Å². The molecule has 1 aromatic carbocycles. The standard InChI is InChI=1S/C14H16ClNO3/c15-9-3-4-11(10(7-9)14(17)18)16-12-5-6-19-13(12)8-1-2-8/h3-4,7-8,12-13,16H,1-2,5-6H2,(H,17,18). The lowest BCUT2D eigenvalue weighted by atomic mass is 10.0. The summed E-state index contributed by atoms with van der Waals surface area (Å²) in [5.74, 6) is -0.326. The molecule has 2 atom stereocenters. The Morgan fingerprint density at radius 1 is 1.37 bits per heavy atom. The molecule has 0 bridgehead atoms. The van der Waals surface area contributed by atoms with Gasteiger partial charge in [-0.05, 0) is 43.4 Å². The molecule has 4 nitrogen and oxygen atoms in total. The van der Waals surface area contributed by atoms with E-state index in [-0.39, 0.29) is 17.7 Å². The lowest BCUT2D eigenvalue weighted by Crippen LogP contribution is -2.31. The highest BCUT2D eigenvalue weighted by atomic mass is 35.5. The molecule has 102 valence electrons. The van der Waals surface area contributed by atoms with Gasteiger partial charge < -0.3 is 15.2 Å². The number of anilines is 1. The minimum Gasteiger partial charge on any atom is -0.478 e. The number of hydrogen-bond acceptors (Lipinski definition) is 3. The minimum atomic E-state index is -0.966. The van der Waals surface area contributed by atoms with Crippen molar-refractivity contribution in [1.82, 2.24) is 0 Å². The summed E-state index contributed by atoms with van der Waals surface area (Å²) in [6, 6.07) is 5.12. The number of nitrogens with one attached hydrogen (secondary N) is 1. The number of ether oxygens (including phenoxy) is 1. The van der Waals surface area contributed by atoms with Crippen LogP contribution in [0.25, 0.3) is 0 Å². The highest BCUT2D eigenvalue weighted by Gasteiger charge is 2.40. The lowest BCUT2D eigenvalue weighted by molar-refractivity contribution is 0.0697. The van der Waals surface area contributed by atoms with E-state index in [1.165, 1.54) is 18.9 Å². The molecule has 1 saturated carbocycles. The first kappa shape index (κ1) is 12.8. The molecule has 19 heavy (non-hydrogen) atoms. The molecule has 3 rings (SSSR count). The van der Waals surface area contributed by atoms with Crippen molar-refractivity contribution in [2.45, 2.75) is 31.4 Å². The zero-order valence-corrected chi connectivity index (χ0v) is 11.2. The van der Waals surface area contributed by atoms with Crippen molar-refractivity contribution < 1.29 is 14.6 Å². The number of halogens is 1. The van der Waals surface area contributed by atoms with Crippen LogP contribution in [0.2, 0.25) is 5.02 Å². The number of carbonyl (C=O) groups is 1. The van der Waals surface area contributed by atoms with Gasteiger partial charge in [0.1, 0.15) is 0 Å². The molecule has 1 saturated heterocycles. The van der Waals surface area contributed by atoms with Crippen molar-refractivity contribution in [2.75, 3.05) is 11.9 Å². The number of aromatic carboxylic acids is 1. The van der Waals surface area contributed by atoms with Crippen molar-refractivity contribution in [3.63, 3.8) is 0 Å². The first-order valence-corrected chi connectivity index (χ1v) is 6.94. The Labute approximate surface area is 116 Å². The second kappa shape index (κ2) is 5.02. The fraction of sp³-hybridized carbons (Fsp3) is 0.500. The van der Waals surface area contributed by atoms with Gasteiger partial charge in [-0.25, -0.2) is 4.79 Å². The van der Waals surface area contributed by atoms with Crippen LogP contribution in [0.3, 0.4) is 0 Å². The largest absolute Gasteiger partial charge is 0.478 e. The Hall–Kier alpha value is -1.26. The summed E-state index contributed by atoms with van der Waals surface area (Å²) in [4.78, 5) is 11.2. The van der Waals surface area contributed by atoms with E-state index >= 15 is 0 Å². The maximum Gasteiger partial charge on any atom is 0.337 e. The Morgan fingerprint density at radius 3 is 2.84 bits per heavy atom. The summed E-state index contributed by atoms with van der Waals surface area (Å²) in [5, 5.41) is 13.0. The molecule has 1 aliphatic heterocycles. The van der Waals surface area contributed by atoms with E-state index in [2.05, 4.69) is 5.32 Å². The summed E-state index contributed by atoms with van der Waals surface area (Å²) in [6.07, 6.45) is 3.57. The second-order valence-electron chi connectivity index (χ2n) is 5.21. The number of carboxylic acids is 1. The van der Waals surface area contributed by atoms with Gasteiger partial charge in [0.2, 0.25) is 0 Å². The summed E-state index contributed by atoms with van der Waals surface area (Å²) < 4.78 is 5.75. The average molecular weight is 282 g/mol. The van der Waals surface area contributed by atoms with Gasteiger partial charge in [-0.3, -0.25) is 0 Å². The zero-order valence-electron chi connectivity index (χ0n) is 10.4. The molecule has 0 radical (unpaired) electrons. The Balaban J connectivity index is 1.80. The van der Waals surface area contributed by atoms with Gasteiger partial charge in [-0.2, -0.15) is 0 Å². The van der Waals surface area contributed by atoms with Crippen LogP contribution >= 0.6 is 11.6 Å². The van der Waals surface area contributed by atoms with E-state index in [1.807, 2.05) is 0 Å². The molecule has 1 heterocycles. The predicted molar refractivity (Wildman–Crippen MR) is 72.9 cm³/mol. The monoisotopic (exact) mass is 281 g/mol. The normalized spacial score (nSPS) is 26.4. The van der Waals surface area contributed by atoms with Gasteiger partial charge in [-0.1, -0.05) is 11.6 Å². The molecule has 1 aliphatic carbocycles. The van der Waals surface area contributed by atoms with Crippen molar-refractivity contribution in [3.8, 4) is 0 Å². The van der Waals surface area contributed by atoms with Crippen LogP contribution < -0.4 is 5.32 Å². The van der Waals surface area contributed by atoms with Crippen molar-refractivity contribution >= 4 is 23.3 Å². The quantitative estimate of drug-likeness (QED) is 0.891. The van der Waals surface area contributed by atoms with Gasteiger partial charge in [-0.15, -0.1) is 0 Å². The summed E-state index contributed by atoms with van der Waals surface area (Å²) in [6.45, 7) is 0.745. The SMILES string of the molecule is O=C(O)c1cc(Cl)ccc1NC1CCOC1C1CC1. The maximum atomic E-state index is 11.2. The molecule has 2 aliphatic rings. The third-order valence-corrected chi connectivity index (χ3v) is 4.01. The first-order valence-electron chi connectivity index (χ1n) is 6.56. The second-order valence-corrected chi connectivity index (χ2v) is 5.64. The van der Waals surface area contributed by atoms with Crippen LogP contribution in [-0.4, -0.2) is 29.8 Å². The predicted octanol–water partition coefficient (Wildman–Crippen LogP) is 3.02. The van der Waals surface area contributed by atoms with Crippen LogP contribution in [0, 0.1) is 5.92 Å². The third-order valence-electron chi connectivity index (χ3n) is 3.78. The smallest absolute Gasteiger partial charge is 0.337 e. The highest BCUT2D eigenvalue weighted by Crippen LogP contribution is 2.40. The Kier molecular flexibility index (Phi) is 3.37. The fourth-order valence-corrected chi connectivity index (χ4v) is 2.85. The summed E-state index contributed by atoms with van der Waals surface area (Å²) in [7, 11) is 0. The number of hydrogen-bond donors (Lipinski definition) is 2. The molecular formula is C14H16ClNO3. The Bertz CT molecular complexity index is 501. The fourth-order valence-electron chi connectivity index (χ4n) is 2.67. The highest BCUT2D eigenvalue weighted by molar-refractivity contribution is 6.31. The molecule has 0 amide bonds. The number of carboxylic acid groups (broad SMARTS) is 1. The van der Waals surface area contributed by atoms with Gasteiger partial charge in [0.25, 0.3) is 0 Å². The lowest BCUT2D eigenvalue weighted by Gasteiger charge is -2.21.